The number of ether oxygens (including phenoxy) is 1. The van der Waals surface area contributed by atoms with Gasteiger partial charge in [0, 0.05) is 23.5 Å². The number of methoxy groups -OCH3 is 1. The van der Waals surface area contributed by atoms with E-state index in [4.69, 9.17) is 14.9 Å². The number of benzene rings is 3. The average molecular weight is 978 g/mol. The number of carboxylic acid groups (broad SMARTS) is 2. The van der Waals surface area contributed by atoms with Crippen molar-refractivity contribution in [2.75, 3.05) is 35.6 Å². The zero-order valence-corrected chi connectivity index (χ0v) is 40.2. The maximum atomic E-state index is 11.7. The first-order valence-corrected chi connectivity index (χ1v) is 23.4. The Kier molecular flexibility index (Phi) is 15.8. The molecular weight excluding hydrogens is 935 g/mol. The molecule has 354 valence electrons. The zero-order chi connectivity index (χ0) is 49.9. The lowest BCUT2D eigenvalue weighted by Gasteiger charge is -2.11. The SMILES string of the molecule is CCc1ncc2ncnc(Nc3cc(C(=O)O)ccc3C)c2n1.COC(=O)c1ccc(C)c(Nc2ncnc3cnc(SC)nc23)c1.CSc1ncc2ncnc(Nc3cc(C(=O)O)ccc3C)c2n1. The minimum atomic E-state index is -0.979. The number of anilines is 6. The van der Waals surface area contributed by atoms with Gasteiger partial charge in [-0.25, -0.2) is 74.2 Å². The lowest BCUT2D eigenvalue weighted by atomic mass is 10.1. The molecule has 6 heterocycles. The molecule has 6 aromatic heterocycles. The minimum Gasteiger partial charge on any atom is -0.478 e. The highest BCUT2D eigenvalue weighted by molar-refractivity contribution is 7.98. The van der Waals surface area contributed by atoms with Crippen LogP contribution in [0.2, 0.25) is 0 Å². The molecule has 21 nitrogen and oxygen atoms in total. The van der Waals surface area contributed by atoms with Gasteiger partial charge < -0.3 is 30.9 Å². The average Bonchev–Trinajstić information content (AvgIpc) is 3.38. The van der Waals surface area contributed by atoms with Gasteiger partial charge in [0.2, 0.25) is 0 Å². The van der Waals surface area contributed by atoms with Gasteiger partial charge in [0.05, 0.1) is 42.4 Å². The molecule has 0 amide bonds. The fourth-order valence-corrected chi connectivity index (χ4v) is 7.05. The molecule has 0 aliphatic rings. The third-order valence-electron chi connectivity index (χ3n) is 10.2. The number of hydrogen-bond acceptors (Lipinski definition) is 21. The van der Waals surface area contributed by atoms with Crippen LogP contribution in [0.5, 0.6) is 0 Å². The molecule has 0 atom stereocenters. The van der Waals surface area contributed by atoms with Gasteiger partial charge in [0.1, 0.15) is 57.9 Å². The molecule has 0 saturated heterocycles. The zero-order valence-electron chi connectivity index (χ0n) is 38.6. The number of carbonyl (C=O) groups excluding carboxylic acids is 1. The molecule has 23 heteroatoms. The number of fused-ring (bicyclic) bond motifs is 3. The Morgan fingerprint density at radius 2 is 0.900 bits per heavy atom. The highest BCUT2D eigenvalue weighted by atomic mass is 32.2. The number of carboxylic acids is 2. The summed E-state index contributed by atoms with van der Waals surface area (Å²) >= 11 is 2.87. The fourth-order valence-electron chi connectivity index (χ4n) is 6.37. The Labute approximate surface area is 408 Å². The quantitative estimate of drug-likeness (QED) is 0.0435. The van der Waals surface area contributed by atoms with Crippen molar-refractivity contribution >= 4 is 109 Å². The Morgan fingerprint density at radius 1 is 0.529 bits per heavy atom. The molecule has 0 aliphatic carbocycles. The van der Waals surface area contributed by atoms with E-state index in [0.29, 0.717) is 90.1 Å². The Hall–Kier alpha value is -8.57. The van der Waals surface area contributed by atoms with E-state index in [2.05, 4.69) is 75.8 Å². The van der Waals surface area contributed by atoms with Gasteiger partial charge in [-0.15, -0.1) is 0 Å². The maximum absolute atomic E-state index is 11.7. The summed E-state index contributed by atoms with van der Waals surface area (Å²) in [4.78, 5) is 85.2. The molecule has 0 radical (unpaired) electrons. The van der Waals surface area contributed by atoms with Crippen molar-refractivity contribution in [3.05, 3.63) is 131 Å². The highest BCUT2D eigenvalue weighted by Crippen LogP contribution is 2.28. The van der Waals surface area contributed by atoms with Crippen LogP contribution in [0.1, 0.15) is 60.5 Å². The number of rotatable bonds is 12. The van der Waals surface area contributed by atoms with E-state index in [-0.39, 0.29) is 11.1 Å². The van der Waals surface area contributed by atoms with Gasteiger partial charge in [0.25, 0.3) is 0 Å². The van der Waals surface area contributed by atoms with Crippen molar-refractivity contribution < 1.29 is 29.3 Å². The standard InChI is InChI=1S/C16H15N5O2S.C16H15N5O2.C15H13N5O2S/c1-9-4-5-10(15(22)23-2)6-11(9)20-14-13-12(18-8-19-14)7-17-16(21-13)24-3;1-3-13-17-7-12-14(21-13)15(19-8-18-12)20-11-6-10(16(22)23)5-4-9(11)2;1-8-3-4-9(14(21)22)5-10(8)19-13-12-11(17-7-18-13)6-16-15(20-12)23-2/h4-8H,1-3H3,(H,18,19,20);4-8H,3H2,1-2H3,(H,22,23)(H,18,19,20);3-7H,1-2H3,(H,21,22)(H,17,18,19). The molecule has 9 rings (SSSR count). The van der Waals surface area contributed by atoms with E-state index < -0.39 is 17.9 Å². The second-order valence-corrected chi connectivity index (χ2v) is 16.3. The molecule has 0 bridgehead atoms. The number of esters is 1. The van der Waals surface area contributed by atoms with E-state index >= 15 is 0 Å². The second-order valence-electron chi connectivity index (χ2n) is 14.8. The molecule has 0 fully saturated rings. The van der Waals surface area contributed by atoms with Crippen LogP contribution in [-0.4, -0.2) is 108 Å². The van der Waals surface area contributed by atoms with E-state index in [0.717, 1.165) is 22.4 Å². The van der Waals surface area contributed by atoms with Crippen LogP contribution in [-0.2, 0) is 11.2 Å². The predicted molar refractivity (Wildman–Crippen MR) is 267 cm³/mol. The predicted octanol–water partition coefficient (Wildman–Crippen LogP) is 8.60. The first-order valence-electron chi connectivity index (χ1n) is 21.0. The molecule has 70 heavy (non-hydrogen) atoms. The number of aromatic nitrogens is 12. The number of hydrogen-bond donors (Lipinski definition) is 5. The number of thioether (sulfide) groups is 2. The van der Waals surface area contributed by atoms with Gasteiger partial charge in [-0.2, -0.15) is 0 Å². The van der Waals surface area contributed by atoms with Crippen molar-refractivity contribution in [3.63, 3.8) is 0 Å². The van der Waals surface area contributed by atoms with Gasteiger partial charge in [-0.3, -0.25) is 0 Å². The van der Waals surface area contributed by atoms with Crippen LogP contribution in [0.4, 0.5) is 34.5 Å². The van der Waals surface area contributed by atoms with Crippen LogP contribution in [0.25, 0.3) is 33.1 Å². The van der Waals surface area contributed by atoms with Gasteiger partial charge in [-0.1, -0.05) is 48.6 Å². The van der Waals surface area contributed by atoms with Crippen LogP contribution in [0, 0.1) is 20.8 Å². The summed E-state index contributed by atoms with van der Waals surface area (Å²) < 4.78 is 4.77. The lowest BCUT2D eigenvalue weighted by Crippen LogP contribution is -2.04. The monoisotopic (exact) mass is 977 g/mol. The summed E-state index contributed by atoms with van der Waals surface area (Å²) in [5, 5.41) is 29.1. The summed E-state index contributed by atoms with van der Waals surface area (Å²) in [6.07, 6.45) is 13.8. The molecule has 9 aromatic rings. The molecule has 0 unspecified atom stereocenters. The van der Waals surface area contributed by atoms with Gasteiger partial charge >= 0.3 is 17.9 Å². The van der Waals surface area contributed by atoms with Gasteiger partial charge in [0.15, 0.2) is 27.8 Å². The second kappa shape index (κ2) is 22.5. The van der Waals surface area contributed by atoms with E-state index in [1.807, 2.05) is 46.3 Å². The first kappa shape index (κ1) is 49.3. The van der Waals surface area contributed by atoms with E-state index in [1.165, 1.54) is 49.6 Å². The number of nitrogens with one attached hydrogen (secondary N) is 3. The van der Waals surface area contributed by atoms with E-state index in [9.17, 15) is 14.4 Å². The van der Waals surface area contributed by atoms with Gasteiger partial charge in [-0.05, 0) is 86.4 Å². The maximum Gasteiger partial charge on any atom is 0.337 e. The van der Waals surface area contributed by atoms with Crippen molar-refractivity contribution in [3.8, 4) is 0 Å². The number of nitrogens with zero attached hydrogens (tertiary/aromatic N) is 12. The summed E-state index contributed by atoms with van der Waals surface area (Å²) in [5.41, 5.74) is 9.45. The normalized spacial score (nSPS) is 10.7. The van der Waals surface area contributed by atoms with Crippen LogP contribution >= 0.6 is 23.5 Å². The largest absolute Gasteiger partial charge is 0.478 e. The molecule has 3 aromatic carbocycles. The first-order chi connectivity index (χ1) is 33.8. The summed E-state index contributed by atoms with van der Waals surface area (Å²) in [6.45, 7) is 7.69. The Balaban J connectivity index is 0.000000155. The van der Waals surface area contributed by atoms with Crippen molar-refractivity contribution in [1.82, 2.24) is 59.8 Å². The number of aromatic carboxylic acids is 2. The fraction of sp³-hybridized carbons (Fsp3) is 0.170. The molecule has 0 saturated carbocycles. The Morgan fingerprint density at radius 3 is 1.27 bits per heavy atom. The highest BCUT2D eigenvalue weighted by Gasteiger charge is 2.15. The molecule has 5 N–H and O–H groups in total. The smallest absolute Gasteiger partial charge is 0.337 e. The topological polar surface area (TPSA) is 292 Å². The van der Waals surface area contributed by atoms with Crippen molar-refractivity contribution in [2.24, 2.45) is 0 Å². The third-order valence-corrected chi connectivity index (χ3v) is 11.3. The molecule has 0 spiro atoms. The van der Waals surface area contributed by atoms with Crippen molar-refractivity contribution in [1.29, 1.82) is 0 Å². The third kappa shape index (κ3) is 11.7. The number of aryl methyl sites for hydroxylation is 4. The van der Waals surface area contributed by atoms with Crippen LogP contribution < -0.4 is 16.0 Å². The van der Waals surface area contributed by atoms with Crippen LogP contribution in [0.15, 0.2) is 102 Å². The van der Waals surface area contributed by atoms with Crippen molar-refractivity contribution in [2.45, 2.75) is 44.4 Å². The Bertz CT molecular complexity index is 3270. The van der Waals surface area contributed by atoms with E-state index in [1.54, 1.807) is 67.1 Å². The van der Waals surface area contributed by atoms with Crippen LogP contribution in [0.3, 0.4) is 0 Å². The molecular formula is C47H43N15O6S2. The molecule has 0 aliphatic heterocycles. The number of carbonyl (C=O) groups is 3. The summed E-state index contributed by atoms with van der Waals surface area (Å²) in [7, 11) is 1.36. The summed E-state index contributed by atoms with van der Waals surface area (Å²) in [6, 6.07) is 15.1. The minimum absolute atomic E-state index is 0.205. The lowest BCUT2D eigenvalue weighted by molar-refractivity contribution is 0.0599. The summed E-state index contributed by atoms with van der Waals surface area (Å²) in [5.74, 6) is -0.0494.